The lowest BCUT2D eigenvalue weighted by Gasteiger charge is -2.25. The lowest BCUT2D eigenvalue weighted by atomic mass is 10.2. The summed E-state index contributed by atoms with van der Waals surface area (Å²) in [4.78, 5) is 15.4. The van der Waals surface area contributed by atoms with Gasteiger partial charge in [-0.15, -0.1) is 0 Å². The van der Waals surface area contributed by atoms with Crippen molar-refractivity contribution in [2.75, 3.05) is 14.1 Å². The van der Waals surface area contributed by atoms with Crippen LogP contribution in [0.1, 0.15) is 11.3 Å². The maximum atomic E-state index is 13.0. The van der Waals surface area contributed by atoms with Gasteiger partial charge in [0.15, 0.2) is 0 Å². The van der Waals surface area contributed by atoms with Gasteiger partial charge in [0.25, 0.3) is 0 Å². The second-order valence-corrected chi connectivity index (χ2v) is 8.29. The first-order valence-corrected chi connectivity index (χ1v) is 10.4. The monoisotopic (exact) mass is 432 g/mol. The predicted octanol–water partition coefficient (Wildman–Crippen LogP) is 3.87. The van der Waals surface area contributed by atoms with E-state index in [2.05, 4.69) is 0 Å². The molecule has 0 unspecified atom stereocenters. The second kappa shape index (κ2) is 9.00. The molecule has 1 heterocycles. The molecule has 0 aliphatic rings. The minimum Gasteiger partial charge on any atom is -0.467 e. The Morgan fingerprint density at radius 1 is 1.00 bits per heavy atom. The van der Waals surface area contributed by atoms with Crippen molar-refractivity contribution in [3.63, 3.8) is 0 Å². The van der Waals surface area contributed by atoms with Gasteiger partial charge in [-0.1, -0.05) is 12.1 Å². The van der Waals surface area contributed by atoms with Crippen molar-refractivity contribution in [2.45, 2.75) is 18.0 Å². The SMILES string of the molecule is CN(C)C(=O)N(Cc1ccc(OS(=O)(=O)c2ccc(F)cc2)cc1)Cc1ccco1. The number of benzene rings is 2. The van der Waals surface area contributed by atoms with Crippen LogP contribution in [-0.4, -0.2) is 38.3 Å². The van der Waals surface area contributed by atoms with Crippen LogP contribution in [-0.2, 0) is 23.2 Å². The maximum Gasteiger partial charge on any atom is 0.339 e. The van der Waals surface area contributed by atoms with E-state index in [-0.39, 0.29) is 16.7 Å². The molecule has 0 spiro atoms. The molecule has 0 aliphatic carbocycles. The van der Waals surface area contributed by atoms with Crippen molar-refractivity contribution >= 4 is 16.1 Å². The molecule has 1 aromatic heterocycles. The Bertz CT molecular complexity index is 1080. The molecule has 0 aliphatic heterocycles. The lowest BCUT2D eigenvalue weighted by Crippen LogP contribution is -2.38. The van der Waals surface area contributed by atoms with Crippen LogP contribution >= 0.6 is 0 Å². The molecule has 2 amide bonds. The molecule has 0 radical (unpaired) electrons. The van der Waals surface area contributed by atoms with E-state index in [4.69, 9.17) is 8.60 Å². The van der Waals surface area contributed by atoms with Crippen LogP contribution in [0.2, 0.25) is 0 Å². The smallest absolute Gasteiger partial charge is 0.339 e. The summed E-state index contributed by atoms with van der Waals surface area (Å²) in [6.45, 7) is 0.587. The number of carbonyl (C=O) groups is 1. The van der Waals surface area contributed by atoms with E-state index in [9.17, 15) is 17.6 Å². The molecule has 0 bridgehead atoms. The molecule has 30 heavy (non-hydrogen) atoms. The lowest BCUT2D eigenvalue weighted by molar-refractivity contribution is 0.161. The third kappa shape index (κ3) is 5.38. The van der Waals surface area contributed by atoms with Crippen molar-refractivity contribution < 1.29 is 26.2 Å². The highest BCUT2D eigenvalue weighted by molar-refractivity contribution is 7.87. The van der Waals surface area contributed by atoms with Crippen LogP contribution in [0.15, 0.2) is 76.2 Å². The molecular formula is C21H21FN2O5S. The molecule has 0 N–H and O–H groups in total. The molecule has 3 aromatic rings. The first-order chi connectivity index (χ1) is 14.2. The van der Waals surface area contributed by atoms with E-state index >= 15 is 0 Å². The van der Waals surface area contributed by atoms with Gasteiger partial charge in [0.1, 0.15) is 22.2 Å². The maximum absolute atomic E-state index is 13.0. The first kappa shape index (κ1) is 21.4. The molecule has 2 aromatic carbocycles. The van der Waals surface area contributed by atoms with Gasteiger partial charge in [0.05, 0.1) is 12.8 Å². The minimum absolute atomic E-state index is 0.111. The molecular weight excluding hydrogens is 411 g/mol. The van der Waals surface area contributed by atoms with Gasteiger partial charge in [-0.05, 0) is 54.1 Å². The van der Waals surface area contributed by atoms with Gasteiger partial charge in [0.2, 0.25) is 0 Å². The zero-order valence-corrected chi connectivity index (χ0v) is 17.3. The van der Waals surface area contributed by atoms with E-state index in [1.54, 1.807) is 49.5 Å². The molecule has 0 fully saturated rings. The number of halogens is 1. The third-order valence-corrected chi connectivity index (χ3v) is 5.45. The zero-order chi connectivity index (χ0) is 21.7. The Morgan fingerprint density at radius 2 is 1.67 bits per heavy atom. The fourth-order valence-corrected chi connectivity index (χ4v) is 3.64. The number of amides is 2. The highest BCUT2D eigenvalue weighted by Gasteiger charge is 2.19. The Kier molecular flexibility index (Phi) is 6.41. The predicted molar refractivity (Wildman–Crippen MR) is 108 cm³/mol. The number of hydrogen-bond acceptors (Lipinski definition) is 5. The number of urea groups is 1. The highest BCUT2D eigenvalue weighted by Crippen LogP contribution is 2.21. The minimum atomic E-state index is -4.08. The van der Waals surface area contributed by atoms with Gasteiger partial charge in [-0.3, -0.25) is 0 Å². The summed E-state index contributed by atoms with van der Waals surface area (Å²) in [5.41, 5.74) is 0.781. The van der Waals surface area contributed by atoms with E-state index < -0.39 is 15.9 Å². The largest absolute Gasteiger partial charge is 0.467 e. The Morgan fingerprint density at radius 3 is 2.23 bits per heavy atom. The van der Waals surface area contributed by atoms with Gasteiger partial charge >= 0.3 is 16.1 Å². The summed E-state index contributed by atoms with van der Waals surface area (Å²) in [5.74, 6) is 0.222. The number of carbonyl (C=O) groups excluding carboxylic acids is 1. The van der Waals surface area contributed by atoms with Gasteiger partial charge in [-0.25, -0.2) is 9.18 Å². The van der Waals surface area contributed by atoms with Gasteiger partial charge < -0.3 is 18.4 Å². The van der Waals surface area contributed by atoms with Gasteiger partial charge in [-0.2, -0.15) is 8.42 Å². The molecule has 9 heteroatoms. The molecule has 7 nitrogen and oxygen atoms in total. The van der Waals surface area contributed by atoms with Gasteiger partial charge in [0, 0.05) is 20.6 Å². The summed E-state index contributed by atoms with van der Waals surface area (Å²) < 4.78 is 48.0. The summed E-state index contributed by atoms with van der Waals surface area (Å²) >= 11 is 0. The van der Waals surface area contributed by atoms with Crippen molar-refractivity contribution in [3.05, 3.63) is 84.1 Å². The molecule has 158 valence electrons. The summed E-state index contributed by atoms with van der Waals surface area (Å²) in [6.07, 6.45) is 1.54. The van der Waals surface area contributed by atoms with E-state index in [1.807, 2.05) is 0 Å². The summed E-state index contributed by atoms with van der Waals surface area (Å²) in [5, 5.41) is 0. The highest BCUT2D eigenvalue weighted by atomic mass is 32.2. The molecule has 3 rings (SSSR count). The summed E-state index contributed by atoms with van der Waals surface area (Å²) in [7, 11) is -0.752. The van der Waals surface area contributed by atoms with E-state index in [0.29, 0.717) is 18.8 Å². The van der Waals surface area contributed by atoms with Crippen LogP contribution in [0.3, 0.4) is 0 Å². The fraction of sp³-hybridized carbons (Fsp3) is 0.190. The number of nitrogens with zero attached hydrogens (tertiary/aromatic N) is 2. The Labute approximate surface area is 174 Å². The number of furan rings is 1. The normalized spacial score (nSPS) is 11.2. The van der Waals surface area contributed by atoms with Crippen LogP contribution in [0.4, 0.5) is 9.18 Å². The van der Waals surface area contributed by atoms with Crippen LogP contribution in [0.25, 0.3) is 0 Å². The number of hydrogen-bond donors (Lipinski definition) is 0. The average molecular weight is 432 g/mol. The van der Waals surface area contributed by atoms with E-state index in [0.717, 1.165) is 29.8 Å². The van der Waals surface area contributed by atoms with Crippen LogP contribution < -0.4 is 4.18 Å². The topological polar surface area (TPSA) is 80.1 Å². The summed E-state index contributed by atoms with van der Waals surface area (Å²) in [6, 6.07) is 14.1. The standard InChI is InChI=1S/C21H21FN2O5S/c1-23(2)21(25)24(15-19-4-3-13-28-19)14-16-5-9-18(10-6-16)29-30(26,27)20-11-7-17(22)8-12-20/h3-13H,14-15H2,1-2H3. The number of rotatable bonds is 7. The molecule has 0 saturated carbocycles. The average Bonchev–Trinajstić information content (AvgIpc) is 3.21. The van der Waals surface area contributed by atoms with Crippen molar-refractivity contribution in [2.24, 2.45) is 0 Å². The zero-order valence-electron chi connectivity index (χ0n) is 16.5. The first-order valence-electron chi connectivity index (χ1n) is 9.02. The third-order valence-electron chi connectivity index (χ3n) is 4.18. The van der Waals surface area contributed by atoms with Crippen molar-refractivity contribution in [1.29, 1.82) is 0 Å². The second-order valence-electron chi connectivity index (χ2n) is 6.75. The Balaban J connectivity index is 1.71. The van der Waals surface area contributed by atoms with E-state index in [1.165, 1.54) is 17.0 Å². The Hall–Kier alpha value is -3.33. The quantitative estimate of drug-likeness (QED) is 0.530. The molecule has 0 saturated heterocycles. The molecule has 0 atom stereocenters. The van der Waals surface area contributed by atoms with Crippen molar-refractivity contribution in [1.82, 2.24) is 9.80 Å². The fourth-order valence-electron chi connectivity index (χ4n) is 2.71. The van der Waals surface area contributed by atoms with Crippen LogP contribution in [0, 0.1) is 5.82 Å². The van der Waals surface area contributed by atoms with Crippen LogP contribution in [0.5, 0.6) is 5.75 Å². The van der Waals surface area contributed by atoms with Crippen molar-refractivity contribution in [3.8, 4) is 5.75 Å².